The minimum absolute atomic E-state index is 0.0846. The van der Waals surface area contributed by atoms with Gasteiger partial charge in [0.1, 0.15) is 5.76 Å². The van der Waals surface area contributed by atoms with Crippen LogP contribution in [0.25, 0.3) is 10.9 Å². The van der Waals surface area contributed by atoms with Crippen LogP contribution in [0.1, 0.15) is 35.3 Å². The number of benzene rings is 1. The molecule has 30 heavy (non-hydrogen) atoms. The summed E-state index contributed by atoms with van der Waals surface area (Å²) in [4.78, 5) is 17.9. The number of aromatic nitrogens is 1. The van der Waals surface area contributed by atoms with Crippen LogP contribution >= 0.6 is 12.2 Å². The zero-order valence-corrected chi connectivity index (χ0v) is 18.2. The molecule has 7 heteroatoms. The molecule has 4 rings (SSSR count). The molecule has 1 saturated heterocycles. The van der Waals surface area contributed by atoms with E-state index in [9.17, 15) is 4.79 Å². The summed E-state index contributed by atoms with van der Waals surface area (Å²) in [7, 11) is 0. The molecular formula is C23H27N3O3S. The van der Waals surface area contributed by atoms with Gasteiger partial charge in [-0.05, 0) is 74.3 Å². The maximum Gasteiger partial charge on any atom is 0.253 e. The maximum atomic E-state index is 12.8. The van der Waals surface area contributed by atoms with Crippen LogP contribution in [0, 0.1) is 13.8 Å². The predicted octanol–water partition coefficient (Wildman–Crippen LogP) is 3.79. The Bertz CT molecular complexity index is 1090. The monoisotopic (exact) mass is 425 g/mol. The summed E-state index contributed by atoms with van der Waals surface area (Å²) in [5, 5.41) is 4.89. The molecular weight excluding hydrogens is 398 g/mol. The van der Waals surface area contributed by atoms with E-state index < -0.39 is 0 Å². The topological polar surface area (TPSA) is 70.5 Å². The van der Waals surface area contributed by atoms with E-state index in [1.807, 2.05) is 36.1 Å². The Hall–Kier alpha value is -2.64. The molecule has 0 aliphatic carbocycles. The van der Waals surface area contributed by atoms with Crippen molar-refractivity contribution in [1.29, 1.82) is 0 Å². The number of nitrogens with zero attached hydrogens (tertiary/aromatic N) is 1. The Morgan fingerprint density at radius 2 is 2.20 bits per heavy atom. The van der Waals surface area contributed by atoms with Gasteiger partial charge < -0.3 is 24.4 Å². The minimum Gasteiger partial charge on any atom is -0.467 e. The molecule has 0 unspecified atom stereocenters. The highest BCUT2D eigenvalue weighted by atomic mass is 32.1. The summed E-state index contributed by atoms with van der Waals surface area (Å²) in [5.74, 6) is 0.809. The Labute approximate surface area is 181 Å². The summed E-state index contributed by atoms with van der Waals surface area (Å²) in [6, 6.07) is 9.87. The summed E-state index contributed by atoms with van der Waals surface area (Å²) in [5.41, 5.74) is 3.75. The van der Waals surface area contributed by atoms with E-state index in [2.05, 4.69) is 23.3 Å². The molecule has 0 amide bonds. The van der Waals surface area contributed by atoms with E-state index in [-0.39, 0.29) is 11.7 Å². The van der Waals surface area contributed by atoms with E-state index in [1.54, 1.807) is 6.26 Å². The number of nitrogens with one attached hydrogen (secondary N) is 2. The first-order valence-corrected chi connectivity index (χ1v) is 10.7. The third kappa shape index (κ3) is 4.74. The molecule has 1 atom stereocenters. The molecule has 3 heterocycles. The largest absolute Gasteiger partial charge is 0.467 e. The number of hydrogen-bond donors (Lipinski definition) is 2. The Balaban J connectivity index is 1.57. The molecule has 2 N–H and O–H groups in total. The summed E-state index contributed by atoms with van der Waals surface area (Å²) in [6.45, 7) is 6.44. The number of rotatable bonds is 6. The molecule has 0 bridgehead atoms. The molecule has 6 nitrogen and oxygen atoms in total. The fourth-order valence-corrected chi connectivity index (χ4v) is 4.19. The van der Waals surface area contributed by atoms with Crippen LogP contribution in [0.15, 0.2) is 45.8 Å². The lowest BCUT2D eigenvalue weighted by molar-refractivity contribution is 0.0896. The number of hydrogen-bond acceptors (Lipinski definition) is 4. The van der Waals surface area contributed by atoms with Gasteiger partial charge in [0.15, 0.2) is 5.11 Å². The van der Waals surface area contributed by atoms with Crippen LogP contribution in [-0.2, 0) is 17.8 Å². The van der Waals surface area contributed by atoms with Crippen molar-refractivity contribution >= 4 is 28.2 Å². The zero-order valence-electron chi connectivity index (χ0n) is 17.4. The molecule has 0 radical (unpaired) electrons. The van der Waals surface area contributed by atoms with Crippen LogP contribution in [0.4, 0.5) is 0 Å². The van der Waals surface area contributed by atoms with Gasteiger partial charge in [0.25, 0.3) is 5.56 Å². The van der Waals surface area contributed by atoms with Crippen molar-refractivity contribution in [3.8, 4) is 0 Å². The SMILES string of the molecule is Cc1cc(C)c2cc(CN(C[C@@H]3CCCO3)C(=S)NCc3ccco3)c(=O)[nH]c2c1. The first kappa shape index (κ1) is 20.6. The lowest BCUT2D eigenvalue weighted by atomic mass is 10.0. The van der Waals surface area contributed by atoms with Gasteiger partial charge in [-0.3, -0.25) is 4.79 Å². The van der Waals surface area contributed by atoms with Gasteiger partial charge in [-0.15, -0.1) is 0 Å². The van der Waals surface area contributed by atoms with E-state index in [1.165, 1.54) is 0 Å². The second kappa shape index (κ2) is 9.02. The van der Waals surface area contributed by atoms with Gasteiger partial charge in [-0.2, -0.15) is 0 Å². The number of H-pyrrole nitrogens is 1. The van der Waals surface area contributed by atoms with Gasteiger partial charge in [0.05, 0.1) is 25.5 Å². The smallest absolute Gasteiger partial charge is 0.253 e. The normalized spacial score (nSPS) is 16.1. The lowest BCUT2D eigenvalue weighted by Gasteiger charge is -2.28. The fraction of sp³-hybridized carbons (Fsp3) is 0.391. The molecule has 1 aromatic carbocycles. The molecule has 0 spiro atoms. The molecule has 2 aromatic heterocycles. The van der Waals surface area contributed by atoms with Gasteiger partial charge in [0, 0.05) is 29.6 Å². The second-order valence-electron chi connectivity index (χ2n) is 7.92. The van der Waals surface area contributed by atoms with Crippen molar-refractivity contribution in [3.05, 3.63) is 69.4 Å². The van der Waals surface area contributed by atoms with Crippen LogP contribution in [0.2, 0.25) is 0 Å². The van der Waals surface area contributed by atoms with Crippen molar-refractivity contribution in [2.45, 2.75) is 45.9 Å². The standard InChI is InChI=1S/C23H27N3O3S/c1-15-9-16(2)20-11-17(22(27)25-21(20)10-15)13-26(14-19-6-4-8-29-19)23(30)24-12-18-5-3-7-28-18/h3,5,7,9-11,19H,4,6,8,12-14H2,1-2H3,(H,24,30)(H,25,27)/t19-/m0/s1. The van der Waals surface area contributed by atoms with Gasteiger partial charge in [-0.25, -0.2) is 0 Å². The van der Waals surface area contributed by atoms with E-state index in [4.69, 9.17) is 21.4 Å². The lowest BCUT2D eigenvalue weighted by Crippen LogP contribution is -2.43. The zero-order chi connectivity index (χ0) is 21.1. The molecule has 1 aliphatic heterocycles. The molecule has 0 saturated carbocycles. The minimum atomic E-state index is -0.0846. The van der Waals surface area contributed by atoms with Crippen molar-refractivity contribution in [2.24, 2.45) is 0 Å². The summed E-state index contributed by atoms with van der Waals surface area (Å²) in [6.07, 6.45) is 3.82. The van der Waals surface area contributed by atoms with Crippen LogP contribution in [0.5, 0.6) is 0 Å². The average Bonchev–Trinajstić information content (AvgIpc) is 3.40. The average molecular weight is 426 g/mol. The highest BCUT2D eigenvalue weighted by Crippen LogP contribution is 2.20. The van der Waals surface area contributed by atoms with Crippen molar-refractivity contribution in [2.75, 3.05) is 13.2 Å². The summed E-state index contributed by atoms with van der Waals surface area (Å²) >= 11 is 5.67. The first-order valence-electron chi connectivity index (χ1n) is 10.3. The highest BCUT2D eigenvalue weighted by molar-refractivity contribution is 7.80. The number of furan rings is 1. The third-order valence-electron chi connectivity index (χ3n) is 5.48. The predicted molar refractivity (Wildman–Crippen MR) is 122 cm³/mol. The quantitative estimate of drug-likeness (QED) is 0.586. The second-order valence-corrected chi connectivity index (χ2v) is 8.31. The first-order chi connectivity index (χ1) is 14.5. The Morgan fingerprint density at radius 3 is 2.93 bits per heavy atom. The van der Waals surface area contributed by atoms with Gasteiger partial charge in [-0.1, -0.05) is 6.07 Å². The van der Waals surface area contributed by atoms with Crippen LogP contribution < -0.4 is 10.9 Å². The number of fused-ring (bicyclic) bond motifs is 1. The van der Waals surface area contributed by atoms with Crippen molar-refractivity contribution in [1.82, 2.24) is 15.2 Å². The number of aryl methyl sites for hydroxylation is 2. The van der Waals surface area contributed by atoms with E-state index in [0.29, 0.717) is 30.3 Å². The number of aromatic amines is 1. The van der Waals surface area contributed by atoms with Crippen LogP contribution in [-0.4, -0.2) is 34.3 Å². The fourth-order valence-electron chi connectivity index (χ4n) is 3.98. The number of thiocarbonyl (C=S) groups is 1. The Morgan fingerprint density at radius 1 is 1.33 bits per heavy atom. The summed E-state index contributed by atoms with van der Waals surface area (Å²) < 4.78 is 11.2. The van der Waals surface area contributed by atoms with E-state index in [0.717, 1.165) is 47.2 Å². The number of ether oxygens (including phenoxy) is 1. The molecule has 3 aromatic rings. The van der Waals surface area contributed by atoms with Gasteiger partial charge in [0.2, 0.25) is 0 Å². The molecule has 158 valence electrons. The Kier molecular flexibility index (Phi) is 6.20. The van der Waals surface area contributed by atoms with Gasteiger partial charge >= 0.3 is 0 Å². The van der Waals surface area contributed by atoms with E-state index >= 15 is 0 Å². The number of pyridine rings is 1. The van der Waals surface area contributed by atoms with Crippen molar-refractivity contribution < 1.29 is 9.15 Å². The van der Waals surface area contributed by atoms with Crippen molar-refractivity contribution in [3.63, 3.8) is 0 Å². The highest BCUT2D eigenvalue weighted by Gasteiger charge is 2.22. The van der Waals surface area contributed by atoms with Crippen LogP contribution in [0.3, 0.4) is 0 Å². The third-order valence-corrected chi connectivity index (χ3v) is 5.88. The molecule has 1 aliphatic rings. The maximum absolute atomic E-state index is 12.8. The molecule has 1 fully saturated rings.